The van der Waals surface area contributed by atoms with E-state index in [9.17, 15) is 19.7 Å². The van der Waals surface area contributed by atoms with Crippen LogP contribution in [0.15, 0.2) is 72.8 Å². The van der Waals surface area contributed by atoms with Gasteiger partial charge < -0.3 is 20.1 Å². The second-order valence-electron chi connectivity index (χ2n) is 6.98. The number of nitro groups is 1. The molecule has 0 saturated carbocycles. The molecule has 0 atom stereocenters. The van der Waals surface area contributed by atoms with Crippen molar-refractivity contribution in [2.24, 2.45) is 0 Å². The van der Waals surface area contributed by atoms with Crippen molar-refractivity contribution in [2.75, 3.05) is 19.0 Å². The van der Waals surface area contributed by atoms with Gasteiger partial charge in [-0.3, -0.25) is 19.7 Å². The van der Waals surface area contributed by atoms with Gasteiger partial charge in [0.25, 0.3) is 11.6 Å². The van der Waals surface area contributed by atoms with Crippen molar-refractivity contribution in [1.82, 2.24) is 5.32 Å². The number of hydrogen-bond donors (Lipinski definition) is 2. The van der Waals surface area contributed by atoms with Crippen LogP contribution in [0.5, 0.6) is 11.5 Å². The van der Waals surface area contributed by atoms with E-state index < -0.39 is 10.8 Å². The first-order valence-electron chi connectivity index (χ1n) is 10.1. The maximum absolute atomic E-state index is 12.6. The van der Waals surface area contributed by atoms with Gasteiger partial charge in [0, 0.05) is 24.2 Å². The number of nitrogens with one attached hydrogen (secondary N) is 2. The van der Waals surface area contributed by atoms with E-state index in [4.69, 9.17) is 9.47 Å². The molecule has 0 aliphatic carbocycles. The Balaban J connectivity index is 1.50. The lowest BCUT2D eigenvalue weighted by Crippen LogP contribution is -2.24. The fourth-order valence-electron chi connectivity index (χ4n) is 2.94. The van der Waals surface area contributed by atoms with Crippen LogP contribution in [-0.4, -0.2) is 30.5 Å². The van der Waals surface area contributed by atoms with E-state index in [1.165, 1.54) is 25.3 Å². The number of carbonyl (C=O) groups excluding carboxylic acids is 2. The van der Waals surface area contributed by atoms with Crippen LogP contribution < -0.4 is 20.1 Å². The van der Waals surface area contributed by atoms with Gasteiger partial charge in [-0.25, -0.2) is 0 Å². The van der Waals surface area contributed by atoms with E-state index in [2.05, 4.69) is 10.6 Å². The zero-order valence-electron chi connectivity index (χ0n) is 17.9. The number of benzene rings is 3. The Labute approximate surface area is 190 Å². The summed E-state index contributed by atoms with van der Waals surface area (Å²) >= 11 is 0. The monoisotopic (exact) mass is 449 g/mol. The smallest absolute Gasteiger partial charge is 0.271 e. The predicted molar refractivity (Wildman–Crippen MR) is 122 cm³/mol. The van der Waals surface area contributed by atoms with Crippen LogP contribution in [-0.2, 0) is 11.3 Å². The van der Waals surface area contributed by atoms with Crippen LogP contribution in [0.3, 0.4) is 0 Å². The molecule has 2 N–H and O–H groups in total. The number of nitro benzene ring substituents is 1. The molecule has 0 radical (unpaired) electrons. The Kier molecular flexibility index (Phi) is 7.96. The molecule has 9 heteroatoms. The van der Waals surface area contributed by atoms with Gasteiger partial charge in [-0.15, -0.1) is 0 Å². The van der Waals surface area contributed by atoms with Gasteiger partial charge in [-0.2, -0.15) is 0 Å². The molecule has 9 nitrogen and oxygen atoms in total. The first kappa shape index (κ1) is 23.3. The van der Waals surface area contributed by atoms with E-state index >= 15 is 0 Å². The number of nitrogens with zero attached hydrogens (tertiary/aromatic N) is 1. The van der Waals surface area contributed by atoms with E-state index in [-0.39, 0.29) is 30.3 Å². The quantitative estimate of drug-likeness (QED) is 0.357. The number of amides is 2. The topological polar surface area (TPSA) is 120 Å². The van der Waals surface area contributed by atoms with E-state index in [1.54, 1.807) is 24.3 Å². The average Bonchev–Trinajstić information content (AvgIpc) is 2.83. The molecule has 3 aromatic carbocycles. The lowest BCUT2D eigenvalue weighted by atomic mass is 10.1. The highest BCUT2D eigenvalue weighted by atomic mass is 16.6. The molecule has 2 amide bonds. The lowest BCUT2D eigenvalue weighted by molar-refractivity contribution is -0.384. The van der Waals surface area contributed by atoms with Crippen LogP contribution in [0, 0.1) is 10.1 Å². The molecular weight excluding hydrogens is 426 g/mol. The molecule has 3 rings (SSSR count). The number of hydrogen-bond acceptors (Lipinski definition) is 6. The molecule has 33 heavy (non-hydrogen) atoms. The molecule has 0 unspecified atom stereocenters. The number of rotatable bonds is 10. The maximum Gasteiger partial charge on any atom is 0.271 e. The van der Waals surface area contributed by atoms with Gasteiger partial charge in [-0.1, -0.05) is 30.3 Å². The standard InChI is InChI=1S/C24H23N3O6/c1-32-22-12-11-19(27(30)31)15-21(22)26-24(29)18-9-7-17(8-10-18)16-25-23(28)13-14-33-20-5-3-2-4-6-20/h2-12,15H,13-14,16H2,1H3,(H,25,28)(H,26,29). The molecule has 0 spiro atoms. The number of methoxy groups -OCH3 is 1. The Morgan fingerprint density at radius 2 is 1.73 bits per heavy atom. The van der Waals surface area contributed by atoms with Crippen LogP contribution in [0.1, 0.15) is 22.3 Å². The van der Waals surface area contributed by atoms with Gasteiger partial charge >= 0.3 is 0 Å². The summed E-state index contributed by atoms with van der Waals surface area (Å²) in [4.78, 5) is 35.0. The minimum atomic E-state index is -0.550. The Morgan fingerprint density at radius 3 is 2.39 bits per heavy atom. The van der Waals surface area contributed by atoms with E-state index in [0.717, 1.165) is 5.56 Å². The summed E-state index contributed by atoms with van der Waals surface area (Å²) in [6.45, 7) is 0.584. The van der Waals surface area contributed by atoms with Crippen molar-refractivity contribution in [3.8, 4) is 11.5 Å². The third-order valence-corrected chi connectivity index (χ3v) is 4.69. The normalized spacial score (nSPS) is 10.2. The van der Waals surface area contributed by atoms with Crippen molar-refractivity contribution in [2.45, 2.75) is 13.0 Å². The molecule has 0 fully saturated rings. The summed E-state index contributed by atoms with van der Waals surface area (Å²) in [5.41, 5.74) is 1.21. The van der Waals surface area contributed by atoms with Crippen molar-refractivity contribution in [3.63, 3.8) is 0 Å². The molecule has 170 valence electrons. The van der Waals surface area contributed by atoms with E-state index in [1.807, 2.05) is 30.3 Å². The number of ether oxygens (including phenoxy) is 2. The molecule has 3 aromatic rings. The fraction of sp³-hybridized carbons (Fsp3) is 0.167. The van der Waals surface area contributed by atoms with Gasteiger partial charge in [0.1, 0.15) is 11.5 Å². The van der Waals surface area contributed by atoms with Crippen LogP contribution >= 0.6 is 0 Å². The summed E-state index contributed by atoms with van der Waals surface area (Å²) in [6.07, 6.45) is 0.223. The summed E-state index contributed by atoms with van der Waals surface area (Å²) in [5.74, 6) is 0.430. The maximum atomic E-state index is 12.6. The molecular formula is C24H23N3O6. The Morgan fingerprint density at radius 1 is 1.00 bits per heavy atom. The summed E-state index contributed by atoms with van der Waals surface area (Å²) < 4.78 is 10.7. The molecule has 0 saturated heterocycles. The van der Waals surface area contributed by atoms with Crippen LogP contribution in [0.2, 0.25) is 0 Å². The highest BCUT2D eigenvalue weighted by Gasteiger charge is 2.15. The second kappa shape index (κ2) is 11.3. The minimum absolute atomic E-state index is 0.148. The van der Waals surface area contributed by atoms with E-state index in [0.29, 0.717) is 23.6 Å². The summed E-state index contributed by atoms with van der Waals surface area (Å²) in [5, 5.41) is 16.4. The largest absolute Gasteiger partial charge is 0.495 e. The third kappa shape index (κ3) is 6.79. The van der Waals surface area contributed by atoms with Gasteiger partial charge in [0.05, 0.1) is 30.7 Å². The predicted octanol–water partition coefficient (Wildman–Crippen LogP) is 3.94. The van der Waals surface area contributed by atoms with Crippen molar-refractivity contribution < 1.29 is 24.0 Å². The average molecular weight is 449 g/mol. The highest BCUT2D eigenvalue weighted by Crippen LogP contribution is 2.29. The first-order valence-corrected chi connectivity index (χ1v) is 10.1. The molecule has 0 bridgehead atoms. The summed E-state index contributed by atoms with van der Waals surface area (Å²) in [7, 11) is 1.41. The zero-order valence-corrected chi connectivity index (χ0v) is 17.9. The molecule has 0 aliphatic heterocycles. The molecule has 0 aliphatic rings. The number of carbonyl (C=O) groups is 2. The number of anilines is 1. The second-order valence-corrected chi connectivity index (χ2v) is 6.98. The Hall–Kier alpha value is -4.40. The van der Waals surface area contributed by atoms with Crippen LogP contribution in [0.25, 0.3) is 0 Å². The molecule has 0 aromatic heterocycles. The van der Waals surface area contributed by atoms with Crippen LogP contribution in [0.4, 0.5) is 11.4 Å². The SMILES string of the molecule is COc1ccc([N+](=O)[O-])cc1NC(=O)c1ccc(CNC(=O)CCOc2ccccc2)cc1. The minimum Gasteiger partial charge on any atom is -0.495 e. The third-order valence-electron chi connectivity index (χ3n) is 4.69. The Bertz CT molecular complexity index is 1120. The van der Waals surface area contributed by atoms with Gasteiger partial charge in [0.2, 0.25) is 5.91 Å². The summed E-state index contributed by atoms with van der Waals surface area (Å²) in [6, 6.07) is 19.9. The van der Waals surface area contributed by atoms with Gasteiger partial charge in [0.15, 0.2) is 0 Å². The first-order chi connectivity index (χ1) is 16.0. The number of para-hydroxylation sites is 1. The lowest BCUT2D eigenvalue weighted by Gasteiger charge is -2.11. The number of non-ortho nitro benzene ring substituents is 1. The zero-order chi connectivity index (χ0) is 23.6. The van der Waals surface area contributed by atoms with Crippen molar-refractivity contribution in [1.29, 1.82) is 0 Å². The fourth-order valence-corrected chi connectivity index (χ4v) is 2.94. The molecule has 0 heterocycles. The highest BCUT2D eigenvalue weighted by molar-refractivity contribution is 6.05. The van der Waals surface area contributed by atoms with Crippen molar-refractivity contribution in [3.05, 3.63) is 94.0 Å². The van der Waals surface area contributed by atoms with Crippen molar-refractivity contribution >= 4 is 23.2 Å². The van der Waals surface area contributed by atoms with Gasteiger partial charge in [-0.05, 0) is 35.9 Å².